The third-order valence-electron chi connectivity index (χ3n) is 3.24. The summed E-state index contributed by atoms with van der Waals surface area (Å²) in [6, 6.07) is 12.3. The third kappa shape index (κ3) is 5.21. The van der Waals surface area contributed by atoms with Crippen molar-refractivity contribution in [3.05, 3.63) is 74.8 Å². The normalized spacial score (nSPS) is 10.5. The molecule has 0 aliphatic carbocycles. The summed E-state index contributed by atoms with van der Waals surface area (Å²) in [4.78, 5) is 14.6. The maximum absolute atomic E-state index is 10.2. The van der Waals surface area contributed by atoms with E-state index in [0.29, 0.717) is 5.76 Å². The Bertz CT molecular complexity index is 876. The summed E-state index contributed by atoms with van der Waals surface area (Å²) in [5, 5.41) is 2.31. The van der Waals surface area contributed by atoms with Crippen LogP contribution in [0.25, 0.3) is 21.8 Å². The molecule has 1 aromatic carbocycles. The number of hydrogen-bond donors (Lipinski definition) is 0. The molecule has 2 aromatic heterocycles. The van der Waals surface area contributed by atoms with Crippen LogP contribution >= 0.6 is 0 Å². The molecular weight excluding hydrogens is 447 g/mol. The minimum absolute atomic E-state index is 0. The van der Waals surface area contributed by atoms with Crippen LogP contribution in [0.4, 0.5) is 0 Å². The Morgan fingerprint density at radius 2 is 1.83 bits per heavy atom. The molecule has 3 rings (SSSR count). The molecule has 0 N–H and O–H groups in total. The van der Waals surface area contributed by atoms with Crippen molar-refractivity contribution < 1.29 is 52.7 Å². The van der Waals surface area contributed by atoms with Crippen molar-refractivity contribution in [3.63, 3.8) is 0 Å². The molecule has 5 heteroatoms. The third-order valence-corrected chi connectivity index (χ3v) is 3.24. The van der Waals surface area contributed by atoms with E-state index in [4.69, 9.17) is 0 Å². The largest absolute Gasteiger partial charge is 0.668 e. The first-order chi connectivity index (χ1) is 11.0. The van der Waals surface area contributed by atoms with E-state index >= 15 is 0 Å². The topological polar surface area (TPSA) is 43.1 Å². The van der Waals surface area contributed by atoms with E-state index < -0.39 is 0 Å². The minimum atomic E-state index is -0.0221. The SMILES string of the molecule is [CH2-]O/C(C)=C\C(C)=O.[CH2-][n+]1cccc2ccc3cccnc3c21.[Tb]. The average molecular weight is 466 g/mol. The van der Waals surface area contributed by atoms with Crippen LogP contribution in [0.1, 0.15) is 13.8 Å². The summed E-state index contributed by atoms with van der Waals surface area (Å²) in [5.74, 6) is 0.517. The Balaban J connectivity index is 0.000000279. The summed E-state index contributed by atoms with van der Waals surface area (Å²) in [5.41, 5.74) is 2.08. The number of rotatable bonds is 2. The molecule has 0 atom stereocenters. The number of benzene rings is 1. The molecule has 0 unspecified atom stereocenters. The van der Waals surface area contributed by atoms with Gasteiger partial charge >= 0.3 is 0 Å². The molecule has 0 spiro atoms. The maximum atomic E-state index is 10.2. The molecule has 3 aromatic rings. The van der Waals surface area contributed by atoms with Crippen LogP contribution < -0.4 is 4.57 Å². The second kappa shape index (κ2) is 9.64. The van der Waals surface area contributed by atoms with Crippen LogP contribution in [0.2, 0.25) is 0 Å². The van der Waals surface area contributed by atoms with Crippen molar-refractivity contribution >= 4 is 27.6 Å². The zero-order chi connectivity index (χ0) is 16.8. The Morgan fingerprint density at radius 1 is 1.17 bits per heavy atom. The zero-order valence-electron chi connectivity index (χ0n) is 13.7. The van der Waals surface area contributed by atoms with Gasteiger partial charge in [0.25, 0.3) is 0 Å². The quantitative estimate of drug-likeness (QED) is 0.191. The maximum Gasteiger partial charge on any atom is 0.155 e. The number of hydrogen-bond acceptors (Lipinski definition) is 3. The predicted molar refractivity (Wildman–Crippen MR) is 91.1 cm³/mol. The Hall–Kier alpha value is -1.59. The number of fused-ring (bicyclic) bond motifs is 3. The fraction of sp³-hybridized carbons (Fsp3) is 0.105. The van der Waals surface area contributed by atoms with Crippen molar-refractivity contribution in [1.82, 2.24) is 4.98 Å². The van der Waals surface area contributed by atoms with E-state index in [2.05, 4.69) is 48.1 Å². The van der Waals surface area contributed by atoms with Gasteiger partial charge in [0.05, 0.1) is 17.5 Å². The zero-order valence-corrected chi connectivity index (χ0v) is 15.8. The first-order valence-corrected chi connectivity index (χ1v) is 7.13. The van der Waals surface area contributed by atoms with Crippen molar-refractivity contribution in [2.75, 3.05) is 0 Å². The second-order valence-corrected chi connectivity index (χ2v) is 5.07. The van der Waals surface area contributed by atoms with Gasteiger partial charge in [0.15, 0.2) is 5.78 Å². The molecule has 0 aliphatic rings. The van der Waals surface area contributed by atoms with Gasteiger partial charge in [0.2, 0.25) is 0 Å². The Kier molecular flexibility index (Phi) is 8.22. The molecule has 2 heterocycles. The molecule has 0 amide bonds. The van der Waals surface area contributed by atoms with Crippen LogP contribution in [0.3, 0.4) is 0 Å². The molecule has 0 bridgehead atoms. The molecule has 0 saturated carbocycles. The smallest absolute Gasteiger partial charge is 0.155 e. The molecule has 127 valence electrons. The predicted octanol–water partition coefficient (Wildman–Crippen LogP) is 3.60. The fourth-order valence-corrected chi connectivity index (χ4v) is 2.23. The molecule has 1 radical (unpaired) electrons. The number of ketones is 1. The van der Waals surface area contributed by atoms with Gasteiger partial charge in [0.1, 0.15) is 5.52 Å². The van der Waals surface area contributed by atoms with Gasteiger partial charge in [-0.3, -0.25) is 9.78 Å². The minimum Gasteiger partial charge on any atom is -0.668 e. The summed E-state index contributed by atoms with van der Waals surface area (Å²) in [6.45, 7) is 3.14. The number of allylic oxidation sites excluding steroid dienone is 2. The number of pyridine rings is 2. The average Bonchev–Trinajstić information content (AvgIpc) is 2.54. The van der Waals surface area contributed by atoms with E-state index in [1.54, 1.807) is 6.92 Å². The van der Waals surface area contributed by atoms with Crippen LogP contribution in [0, 0.1) is 52.8 Å². The Labute approximate surface area is 173 Å². The van der Waals surface area contributed by atoms with Crippen molar-refractivity contribution in [2.45, 2.75) is 13.8 Å². The van der Waals surface area contributed by atoms with Crippen molar-refractivity contribution in [1.29, 1.82) is 0 Å². The van der Waals surface area contributed by atoms with Gasteiger partial charge < -0.3 is 9.30 Å². The standard InChI is InChI=1S/C13H10N2.C6H9O2.Tb/c1-15-9-3-5-11-7-6-10-4-2-8-14-12(10)13(11)15;1-5(7)4-6(2)8-3;/h2-9H,1H2;4H,3H2,1-2H3;/q;-1;/b;6-4-;. The monoisotopic (exact) mass is 466 g/mol. The number of nitrogens with zero attached hydrogens (tertiary/aromatic N) is 2. The van der Waals surface area contributed by atoms with E-state index in [1.807, 2.05) is 29.1 Å². The van der Waals surface area contributed by atoms with Gasteiger partial charge in [0, 0.05) is 57.9 Å². The van der Waals surface area contributed by atoms with E-state index in [0.717, 1.165) is 16.4 Å². The van der Waals surface area contributed by atoms with E-state index in [1.165, 1.54) is 18.4 Å². The van der Waals surface area contributed by atoms with Crippen LogP contribution in [0.5, 0.6) is 0 Å². The van der Waals surface area contributed by atoms with Crippen molar-refractivity contribution in [3.8, 4) is 0 Å². The van der Waals surface area contributed by atoms with Gasteiger partial charge in [-0.1, -0.05) is 30.3 Å². The fourth-order valence-electron chi connectivity index (χ4n) is 2.23. The molecule has 0 saturated heterocycles. The summed E-state index contributed by atoms with van der Waals surface area (Å²) < 4.78 is 6.32. The number of carbonyl (C=O) groups is 1. The van der Waals surface area contributed by atoms with E-state index in [-0.39, 0.29) is 44.4 Å². The van der Waals surface area contributed by atoms with Gasteiger partial charge in [-0.05, 0) is 30.7 Å². The molecule has 4 nitrogen and oxygen atoms in total. The van der Waals surface area contributed by atoms with E-state index in [9.17, 15) is 4.79 Å². The van der Waals surface area contributed by atoms with Gasteiger partial charge in [-0.25, -0.2) is 0 Å². The first-order valence-electron chi connectivity index (χ1n) is 7.13. The molecular formula is C19H19N2O2Tb-. The summed E-state index contributed by atoms with van der Waals surface area (Å²) in [7, 11) is 7.09. The summed E-state index contributed by atoms with van der Waals surface area (Å²) in [6.07, 6.45) is 5.14. The van der Waals surface area contributed by atoms with Gasteiger partial charge in [-0.2, -0.15) is 7.11 Å². The van der Waals surface area contributed by atoms with Crippen LogP contribution in [0.15, 0.2) is 60.6 Å². The molecule has 0 aliphatic heterocycles. The van der Waals surface area contributed by atoms with Crippen LogP contribution in [-0.4, -0.2) is 10.8 Å². The number of aromatic nitrogens is 2. The van der Waals surface area contributed by atoms with Crippen molar-refractivity contribution in [2.24, 2.45) is 0 Å². The second-order valence-electron chi connectivity index (χ2n) is 5.07. The van der Waals surface area contributed by atoms with Crippen LogP contribution in [-0.2, 0) is 9.53 Å². The summed E-state index contributed by atoms with van der Waals surface area (Å²) >= 11 is 0. The van der Waals surface area contributed by atoms with Gasteiger partial charge in [-0.15, -0.1) is 0 Å². The molecule has 0 fully saturated rings. The number of carbonyl (C=O) groups excluding carboxylic acids is 1. The first kappa shape index (κ1) is 20.5. The number of ether oxygens (including phenoxy) is 1. The molecule has 24 heavy (non-hydrogen) atoms. The Morgan fingerprint density at radius 3 is 2.46 bits per heavy atom.